The van der Waals surface area contributed by atoms with Crippen molar-refractivity contribution < 1.29 is 0 Å². The minimum Gasteiger partial charge on any atom is -0.356 e. The molecule has 0 atom stereocenters. The molecule has 0 unspecified atom stereocenters. The van der Waals surface area contributed by atoms with Crippen molar-refractivity contribution >= 4 is 22.7 Å². The topological polar surface area (TPSA) is 15.3 Å². The summed E-state index contributed by atoms with van der Waals surface area (Å²) >= 11 is 0. The molecule has 132 valence electrons. The minimum atomic E-state index is 1.02. The number of anilines is 4. The van der Waals surface area contributed by atoms with E-state index >= 15 is 0 Å². The van der Waals surface area contributed by atoms with Crippen molar-refractivity contribution in [3.8, 4) is 12.3 Å². The first-order valence-corrected chi connectivity index (χ1v) is 8.88. The largest absolute Gasteiger partial charge is 0.356 e. The fourth-order valence-electron chi connectivity index (χ4n) is 2.84. The van der Waals surface area contributed by atoms with E-state index in [2.05, 4.69) is 58.6 Å². The molecule has 0 aliphatic heterocycles. The Labute approximate surface area is 161 Å². The Bertz CT molecular complexity index is 947. The van der Waals surface area contributed by atoms with Gasteiger partial charge in [-0.2, -0.15) is 0 Å². The molecule has 0 aliphatic rings. The summed E-state index contributed by atoms with van der Waals surface area (Å²) in [6, 6.07) is 28.8. The van der Waals surface area contributed by atoms with Crippen LogP contribution in [0.4, 0.5) is 22.7 Å². The van der Waals surface area contributed by atoms with E-state index in [0.29, 0.717) is 0 Å². The fourth-order valence-corrected chi connectivity index (χ4v) is 2.84. The molecule has 2 heteroatoms. The molecule has 0 amide bonds. The van der Waals surface area contributed by atoms with E-state index in [1.165, 1.54) is 0 Å². The van der Waals surface area contributed by atoms with Crippen LogP contribution in [-0.4, -0.2) is 0 Å². The Morgan fingerprint density at radius 2 is 1.37 bits per heavy atom. The van der Waals surface area contributed by atoms with Crippen LogP contribution in [-0.2, 0) is 0 Å². The first-order valence-electron chi connectivity index (χ1n) is 8.88. The molecule has 0 aromatic heterocycles. The van der Waals surface area contributed by atoms with E-state index < -0.39 is 0 Å². The molecule has 3 aromatic rings. The highest BCUT2D eigenvalue weighted by Gasteiger charge is 2.12. The normalized spacial score (nSPS) is 11.2. The van der Waals surface area contributed by atoms with Crippen LogP contribution < -0.4 is 10.2 Å². The standard InChI is InChI=1S/C25H22N2/c1-3-5-14-23(4-2)27(24-15-10-7-11-16-24)25-19-17-22(18-20-25)26-21-12-8-6-9-13-21/h1,4-20,26H,2H3/b14-5-,23-4+. The van der Waals surface area contributed by atoms with Gasteiger partial charge in [0.1, 0.15) is 0 Å². The molecule has 0 heterocycles. The number of benzene rings is 3. The summed E-state index contributed by atoms with van der Waals surface area (Å²) in [5.41, 5.74) is 5.27. The number of hydrogen-bond acceptors (Lipinski definition) is 2. The van der Waals surface area contributed by atoms with E-state index in [1.807, 2.05) is 61.5 Å². The highest BCUT2D eigenvalue weighted by atomic mass is 15.1. The third kappa shape index (κ3) is 4.68. The van der Waals surface area contributed by atoms with Crippen molar-refractivity contribution in [2.24, 2.45) is 0 Å². The number of para-hydroxylation sites is 2. The number of terminal acetylenes is 1. The van der Waals surface area contributed by atoms with Crippen LogP contribution >= 0.6 is 0 Å². The van der Waals surface area contributed by atoms with Gasteiger partial charge in [-0.15, -0.1) is 6.42 Å². The van der Waals surface area contributed by atoms with Gasteiger partial charge < -0.3 is 10.2 Å². The molecule has 3 rings (SSSR count). The Kier molecular flexibility index (Phi) is 6.12. The molecule has 3 aromatic carbocycles. The maximum Gasteiger partial charge on any atom is 0.0462 e. The average Bonchev–Trinajstić information content (AvgIpc) is 2.73. The molecule has 0 saturated heterocycles. The third-order valence-corrected chi connectivity index (χ3v) is 4.11. The van der Waals surface area contributed by atoms with Gasteiger partial charge in [0.15, 0.2) is 0 Å². The third-order valence-electron chi connectivity index (χ3n) is 4.11. The van der Waals surface area contributed by atoms with Gasteiger partial charge in [0.2, 0.25) is 0 Å². The smallest absolute Gasteiger partial charge is 0.0462 e. The maximum atomic E-state index is 5.41. The predicted octanol–water partition coefficient (Wildman–Crippen LogP) is 6.66. The number of allylic oxidation sites excluding steroid dienone is 3. The van der Waals surface area contributed by atoms with E-state index in [9.17, 15) is 0 Å². The molecule has 0 fully saturated rings. The zero-order valence-electron chi connectivity index (χ0n) is 15.3. The van der Waals surface area contributed by atoms with Crippen molar-refractivity contribution in [2.45, 2.75) is 6.92 Å². The minimum absolute atomic E-state index is 1.02. The van der Waals surface area contributed by atoms with Crippen molar-refractivity contribution in [3.05, 3.63) is 109 Å². The lowest BCUT2D eigenvalue weighted by Crippen LogP contribution is -2.15. The number of nitrogens with one attached hydrogen (secondary N) is 1. The van der Waals surface area contributed by atoms with Crippen molar-refractivity contribution in [3.63, 3.8) is 0 Å². The van der Waals surface area contributed by atoms with Crippen LogP contribution in [0.3, 0.4) is 0 Å². The maximum absolute atomic E-state index is 5.41. The molecule has 2 nitrogen and oxygen atoms in total. The summed E-state index contributed by atoms with van der Waals surface area (Å²) in [5.74, 6) is 2.57. The molecular weight excluding hydrogens is 328 g/mol. The van der Waals surface area contributed by atoms with Gasteiger partial charge in [0.25, 0.3) is 0 Å². The molecule has 0 radical (unpaired) electrons. The molecule has 27 heavy (non-hydrogen) atoms. The average molecular weight is 350 g/mol. The zero-order valence-corrected chi connectivity index (χ0v) is 15.3. The lowest BCUT2D eigenvalue weighted by Gasteiger charge is -2.26. The highest BCUT2D eigenvalue weighted by molar-refractivity contribution is 5.72. The van der Waals surface area contributed by atoms with E-state index in [4.69, 9.17) is 6.42 Å². The number of nitrogens with zero attached hydrogens (tertiary/aromatic N) is 1. The fraction of sp³-hybridized carbons (Fsp3) is 0.0400. The van der Waals surface area contributed by atoms with Gasteiger partial charge in [0, 0.05) is 28.4 Å². The second-order valence-electron chi connectivity index (χ2n) is 5.92. The van der Waals surface area contributed by atoms with E-state index in [-0.39, 0.29) is 0 Å². The Hall–Kier alpha value is -3.70. The van der Waals surface area contributed by atoms with Gasteiger partial charge in [-0.05, 0) is 67.6 Å². The Balaban J connectivity index is 1.93. The first kappa shape index (κ1) is 18.1. The van der Waals surface area contributed by atoms with Crippen molar-refractivity contribution in [2.75, 3.05) is 10.2 Å². The van der Waals surface area contributed by atoms with Gasteiger partial charge >= 0.3 is 0 Å². The van der Waals surface area contributed by atoms with Crippen LogP contribution in [0, 0.1) is 12.3 Å². The second kappa shape index (κ2) is 9.12. The Morgan fingerprint density at radius 3 is 1.96 bits per heavy atom. The highest BCUT2D eigenvalue weighted by Crippen LogP contribution is 2.31. The Morgan fingerprint density at radius 1 is 0.815 bits per heavy atom. The molecule has 0 spiro atoms. The summed E-state index contributed by atoms with van der Waals surface area (Å²) in [6.45, 7) is 2.01. The molecular formula is C25H22N2. The molecule has 0 saturated carbocycles. The monoisotopic (exact) mass is 350 g/mol. The van der Waals surface area contributed by atoms with Crippen LogP contribution in [0.15, 0.2) is 109 Å². The molecule has 0 aliphatic carbocycles. The predicted molar refractivity (Wildman–Crippen MR) is 116 cm³/mol. The van der Waals surface area contributed by atoms with Crippen molar-refractivity contribution in [1.82, 2.24) is 0 Å². The van der Waals surface area contributed by atoms with Gasteiger partial charge in [-0.1, -0.05) is 48.4 Å². The van der Waals surface area contributed by atoms with Crippen molar-refractivity contribution in [1.29, 1.82) is 0 Å². The van der Waals surface area contributed by atoms with Crippen LogP contribution in [0.25, 0.3) is 0 Å². The molecule has 0 bridgehead atoms. The van der Waals surface area contributed by atoms with E-state index in [0.717, 1.165) is 28.4 Å². The first-order chi connectivity index (χ1) is 13.3. The zero-order chi connectivity index (χ0) is 18.9. The van der Waals surface area contributed by atoms with E-state index in [1.54, 1.807) is 6.08 Å². The van der Waals surface area contributed by atoms with Crippen LogP contribution in [0.5, 0.6) is 0 Å². The lowest BCUT2D eigenvalue weighted by atomic mass is 10.2. The number of hydrogen-bond donors (Lipinski definition) is 1. The number of rotatable bonds is 6. The molecule has 1 N–H and O–H groups in total. The summed E-state index contributed by atoms with van der Waals surface area (Å²) in [4.78, 5) is 2.18. The quantitative estimate of drug-likeness (QED) is 0.395. The van der Waals surface area contributed by atoms with Gasteiger partial charge in [-0.25, -0.2) is 0 Å². The summed E-state index contributed by atoms with van der Waals surface area (Å²) in [6.07, 6.45) is 11.1. The van der Waals surface area contributed by atoms with Gasteiger partial charge in [-0.3, -0.25) is 0 Å². The van der Waals surface area contributed by atoms with Crippen LogP contribution in [0.2, 0.25) is 0 Å². The SMILES string of the molecule is C#C/C=C\C(=C/C)N(c1ccccc1)c1ccc(Nc2ccccc2)cc1. The summed E-state index contributed by atoms with van der Waals surface area (Å²) < 4.78 is 0. The summed E-state index contributed by atoms with van der Waals surface area (Å²) in [5, 5.41) is 3.41. The van der Waals surface area contributed by atoms with Gasteiger partial charge in [0.05, 0.1) is 0 Å². The summed E-state index contributed by atoms with van der Waals surface area (Å²) in [7, 11) is 0. The lowest BCUT2D eigenvalue weighted by molar-refractivity contribution is 1.20. The second-order valence-corrected chi connectivity index (χ2v) is 5.92. The van der Waals surface area contributed by atoms with Crippen LogP contribution in [0.1, 0.15) is 6.92 Å².